The predicted octanol–water partition coefficient (Wildman–Crippen LogP) is 2.22. The summed E-state index contributed by atoms with van der Waals surface area (Å²) in [7, 11) is 0. The molecule has 1 aliphatic heterocycles. The average molecular weight is 284 g/mol. The predicted molar refractivity (Wildman–Crippen MR) is 88.6 cm³/mol. The van der Waals surface area contributed by atoms with Crippen LogP contribution in [0.4, 0.5) is 5.82 Å². The van der Waals surface area contributed by atoms with E-state index in [1.54, 1.807) is 0 Å². The number of benzene rings is 1. The molecule has 4 heteroatoms. The van der Waals surface area contributed by atoms with Crippen LogP contribution in [0.5, 0.6) is 0 Å². The van der Waals surface area contributed by atoms with Gasteiger partial charge in [0, 0.05) is 44.2 Å². The van der Waals surface area contributed by atoms with Crippen molar-refractivity contribution >= 4 is 16.7 Å². The van der Waals surface area contributed by atoms with E-state index in [0.717, 1.165) is 37.5 Å². The topological polar surface area (TPSA) is 45.4 Å². The molecule has 2 aromatic rings. The number of hydrogen-bond donors (Lipinski definition) is 1. The van der Waals surface area contributed by atoms with Crippen molar-refractivity contribution in [3.63, 3.8) is 0 Å². The SMILES string of the molecule is CC(C)N1CCN(c2cc(CN)c3ccccc3n2)CC1. The summed E-state index contributed by atoms with van der Waals surface area (Å²) in [5.74, 6) is 1.07. The lowest BCUT2D eigenvalue weighted by atomic mass is 10.1. The summed E-state index contributed by atoms with van der Waals surface area (Å²) in [5, 5.41) is 1.17. The zero-order chi connectivity index (χ0) is 14.8. The standard InChI is InChI=1S/C17H24N4/c1-13(2)20-7-9-21(10-8-20)17-11-14(12-18)15-5-3-4-6-16(15)19-17/h3-6,11,13H,7-10,12,18H2,1-2H3. The van der Waals surface area contributed by atoms with Gasteiger partial charge >= 0.3 is 0 Å². The van der Waals surface area contributed by atoms with Crippen LogP contribution in [0.25, 0.3) is 10.9 Å². The molecule has 0 aliphatic carbocycles. The van der Waals surface area contributed by atoms with E-state index in [1.165, 1.54) is 10.9 Å². The van der Waals surface area contributed by atoms with E-state index in [-0.39, 0.29) is 0 Å². The second kappa shape index (κ2) is 6.00. The fourth-order valence-electron chi connectivity index (χ4n) is 3.03. The van der Waals surface area contributed by atoms with Crippen LogP contribution in [0.3, 0.4) is 0 Å². The molecule has 0 unspecified atom stereocenters. The lowest BCUT2D eigenvalue weighted by Gasteiger charge is -2.37. The highest BCUT2D eigenvalue weighted by Gasteiger charge is 2.20. The Kier molecular flexibility index (Phi) is 4.08. The Morgan fingerprint density at radius 2 is 1.86 bits per heavy atom. The number of nitrogens with two attached hydrogens (primary N) is 1. The first kappa shape index (κ1) is 14.3. The fourth-order valence-corrected chi connectivity index (χ4v) is 3.03. The minimum Gasteiger partial charge on any atom is -0.354 e. The average Bonchev–Trinajstić information content (AvgIpc) is 2.53. The highest BCUT2D eigenvalue weighted by Crippen LogP contribution is 2.23. The molecular formula is C17H24N4. The van der Waals surface area contributed by atoms with E-state index in [9.17, 15) is 0 Å². The van der Waals surface area contributed by atoms with Gasteiger partial charge < -0.3 is 10.6 Å². The van der Waals surface area contributed by atoms with Crippen molar-refractivity contribution in [3.05, 3.63) is 35.9 Å². The van der Waals surface area contributed by atoms with Crippen LogP contribution in [-0.2, 0) is 6.54 Å². The Morgan fingerprint density at radius 3 is 2.52 bits per heavy atom. The van der Waals surface area contributed by atoms with E-state index < -0.39 is 0 Å². The molecule has 4 nitrogen and oxygen atoms in total. The first-order valence-corrected chi connectivity index (χ1v) is 7.77. The second-order valence-electron chi connectivity index (χ2n) is 5.98. The Bertz CT molecular complexity index is 615. The van der Waals surface area contributed by atoms with Crippen molar-refractivity contribution in [2.45, 2.75) is 26.4 Å². The van der Waals surface area contributed by atoms with Gasteiger partial charge in [-0.05, 0) is 31.5 Å². The summed E-state index contributed by atoms with van der Waals surface area (Å²) in [6.45, 7) is 9.35. The Morgan fingerprint density at radius 1 is 1.14 bits per heavy atom. The highest BCUT2D eigenvalue weighted by atomic mass is 15.3. The molecule has 21 heavy (non-hydrogen) atoms. The summed E-state index contributed by atoms with van der Waals surface area (Å²) in [6, 6.07) is 11.0. The molecule has 3 rings (SSSR count). The first-order valence-electron chi connectivity index (χ1n) is 7.77. The van der Waals surface area contributed by atoms with Crippen molar-refractivity contribution in [1.82, 2.24) is 9.88 Å². The van der Waals surface area contributed by atoms with E-state index in [4.69, 9.17) is 10.7 Å². The maximum absolute atomic E-state index is 5.92. The molecular weight excluding hydrogens is 260 g/mol. The van der Waals surface area contributed by atoms with Gasteiger partial charge in [-0.25, -0.2) is 4.98 Å². The molecule has 112 valence electrons. The van der Waals surface area contributed by atoms with Crippen LogP contribution in [0, 0.1) is 0 Å². The van der Waals surface area contributed by atoms with Crippen LogP contribution in [0.1, 0.15) is 19.4 Å². The van der Waals surface area contributed by atoms with E-state index in [2.05, 4.69) is 41.8 Å². The monoisotopic (exact) mass is 284 g/mol. The number of aromatic nitrogens is 1. The molecule has 1 fully saturated rings. The van der Waals surface area contributed by atoms with Crippen LogP contribution in [0.15, 0.2) is 30.3 Å². The lowest BCUT2D eigenvalue weighted by molar-refractivity contribution is 0.209. The molecule has 0 amide bonds. The number of piperazine rings is 1. The zero-order valence-electron chi connectivity index (χ0n) is 12.9. The van der Waals surface area contributed by atoms with Crippen molar-refractivity contribution < 1.29 is 0 Å². The molecule has 1 aromatic heterocycles. The van der Waals surface area contributed by atoms with Gasteiger partial charge in [-0.3, -0.25) is 4.90 Å². The van der Waals surface area contributed by atoms with E-state index in [0.29, 0.717) is 12.6 Å². The number of pyridine rings is 1. The number of rotatable bonds is 3. The Balaban J connectivity index is 1.88. The van der Waals surface area contributed by atoms with Crippen molar-refractivity contribution in [1.29, 1.82) is 0 Å². The Hall–Kier alpha value is -1.65. The summed E-state index contributed by atoms with van der Waals surface area (Å²) in [4.78, 5) is 9.72. The second-order valence-corrected chi connectivity index (χ2v) is 5.98. The summed E-state index contributed by atoms with van der Waals surface area (Å²) < 4.78 is 0. The lowest BCUT2D eigenvalue weighted by Crippen LogP contribution is -2.49. The molecule has 1 aliphatic rings. The molecule has 2 heterocycles. The first-order chi connectivity index (χ1) is 10.2. The van der Waals surface area contributed by atoms with Crippen molar-refractivity contribution in [2.75, 3.05) is 31.1 Å². The van der Waals surface area contributed by atoms with Gasteiger partial charge in [-0.1, -0.05) is 18.2 Å². The molecule has 1 saturated heterocycles. The molecule has 0 atom stereocenters. The minimum absolute atomic E-state index is 0.558. The number of fused-ring (bicyclic) bond motifs is 1. The van der Waals surface area contributed by atoms with Crippen LogP contribution >= 0.6 is 0 Å². The fraction of sp³-hybridized carbons (Fsp3) is 0.471. The quantitative estimate of drug-likeness (QED) is 0.939. The molecule has 0 bridgehead atoms. The third-order valence-electron chi connectivity index (χ3n) is 4.38. The normalized spacial score (nSPS) is 16.9. The maximum atomic E-state index is 5.92. The number of nitrogens with zero attached hydrogens (tertiary/aromatic N) is 3. The summed E-state index contributed by atoms with van der Waals surface area (Å²) in [5.41, 5.74) is 8.15. The van der Waals surface area contributed by atoms with Gasteiger partial charge in [0.2, 0.25) is 0 Å². The zero-order valence-corrected chi connectivity index (χ0v) is 12.9. The third kappa shape index (κ3) is 2.87. The summed E-state index contributed by atoms with van der Waals surface area (Å²) >= 11 is 0. The van der Waals surface area contributed by atoms with Gasteiger partial charge in [0.1, 0.15) is 5.82 Å². The van der Waals surface area contributed by atoms with Gasteiger partial charge in [0.25, 0.3) is 0 Å². The number of hydrogen-bond acceptors (Lipinski definition) is 4. The van der Waals surface area contributed by atoms with E-state index in [1.807, 2.05) is 12.1 Å². The molecule has 2 N–H and O–H groups in total. The Labute approximate surface area is 126 Å². The molecule has 0 radical (unpaired) electrons. The highest BCUT2D eigenvalue weighted by molar-refractivity contribution is 5.84. The van der Waals surface area contributed by atoms with Crippen LogP contribution in [0.2, 0.25) is 0 Å². The maximum Gasteiger partial charge on any atom is 0.129 e. The van der Waals surface area contributed by atoms with Gasteiger partial charge in [0.15, 0.2) is 0 Å². The number of anilines is 1. The summed E-state index contributed by atoms with van der Waals surface area (Å²) in [6.07, 6.45) is 0. The van der Waals surface area contributed by atoms with Crippen LogP contribution < -0.4 is 10.6 Å². The van der Waals surface area contributed by atoms with Gasteiger partial charge in [0.05, 0.1) is 5.52 Å². The minimum atomic E-state index is 0.558. The van der Waals surface area contributed by atoms with Gasteiger partial charge in [-0.2, -0.15) is 0 Å². The van der Waals surface area contributed by atoms with Crippen LogP contribution in [-0.4, -0.2) is 42.1 Å². The van der Waals surface area contributed by atoms with Crippen molar-refractivity contribution in [3.8, 4) is 0 Å². The molecule has 1 aromatic carbocycles. The smallest absolute Gasteiger partial charge is 0.129 e. The number of para-hydroxylation sites is 1. The third-order valence-corrected chi connectivity index (χ3v) is 4.38. The van der Waals surface area contributed by atoms with Crippen molar-refractivity contribution in [2.24, 2.45) is 5.73 Å². The largest absolute Gasteiger partial charge is 0.354 e. The molecule has 0 saturated carbocycles. The van der Waals surface area contributed by atoms with E-state index >= 15 is 0 Å². The molecule has 0 spiro atoms. The van der Waals surface area contributed by atoms with Gasteiger partial charge in [-0.15, -0.1) is 0 Å².